The minimum absolute atomic E-state index is 0.0872. The summed E-state index contributed by atoms with van der Waals surface area (Å²) in [5.41, 5.74) is 1.57. The summed E-state index contributed by atoms with van der Waals surface area (Å²) in [7, 11) is 0. The summed E-state index contributed by atoms with van der Waals surface area (Å²) in [6.45, 7) is 4.35. The minimum atomic E-state index is -0.377. The third-order valence-electron chi connectivity index (χ3n) is 4.02. The molecule has 2 amide bonds. The van der Waals surface area contributed by atoms with Gasteiger partial charge in [-0.25, -0.2) is 4.98 Å². The molecule has 1 saturated heterocycles. The molecule has 0 unspecified atom stereocenters. The summed E-state index contributed by atoms with van der Waals surface area (Å²) in [4.78, 5) is 39.0. The van der Waals surface area contributed by atoms with Gasteiger partial charge in [-0.15, -0.1) is 0 Å². The number of imide groups is 1. The maximum absolute atomic E-state index is 12.0. The molecular formula is C18H19N3O4S. The molecule has 1 aromatic carbocycles. The lowest BCUT2D eigenvalue weighted by Gasteiger charge is -2.11. The van der Waals surface area contributed by atoms with Crippen LogP contribution in [0.1, 0.15) is 17.1 Å². The van der Waals surface area contributed by atoms with Crippen LogP contribution in [0.25, 0.3) is 0 Å². The van der Waals surface area contributed by atoms with Gasteiger partial charge in [0, 0.05) is 11.8 Å². The van der Waals surface area contributed by atoms with Gasteiger partial charge in [-0.2, -0.15) is 0 Å². The Kier molecular flexibility index (Phi) is 5.41. The van der Waals surface area contributed by atoms with E-state index in [0.717, 1.165) is 17.3 Å². The molecule has 1 aliphatic heterocycles. The molecule has 3 rings (SSSR count). The maximum atomic E-state index is 12.0. The molecule has 1 fully saturated rings. The van der Waals surface area contributed by atoms with E-state index in [-0.39, 0.29) is 22.0 Å². The first-order valence-electron chi connectivity index (χ1n) is 8.20. The third-order valence-corrected chi connectivity index (χ3v) is 5.00. The number of aromatic nitrogens is 2. The van der Waals surface area contributed by atoms with E-state index >= 15 is 0 Å². The minimum Gasteiger partial charge on any atom is -0.492 e. The van der Waals surface area contributed by atoms with Crippen LogP contribution in [0, 0.1) is 13.8 Å². The summed E-state index contributed by atoms with van der Waals surface area (Å²) in [5, 5.41) is 1.61. The molecule has 0 spiro atoms. The highest BCUT2D eigenvalue weighted by molar-refractivity contribution is 8.15. The SMILES string of the molecule is Cc1cc(=O)n(CCOc2ccc(C[C@H]3SC(=O)NC3=O)cc2)c(C)n1. The number of hydrogen-bond donors (Lipinski definition) is 1. The van der Waals surface area contributed by atoms with Crippen LogP contribution in [-0.2, 0) is 17.8 Å². The van der Waals surface area contributed by atoms with E-state index in [1.165, 1.54) is 6.07 Å². The maximum Gasteiger partial charge on any atom is 0.286 e. The van der Waals surface area contributed by atoms with Gasteiger partial charge in [-0.3, -0.25) is 24.3 Å². The molecule has 0 aliphatic carbocycles. The van der Waals surface area contributed by atoms with Crippen molar-refractivity contribution in [3.63, 3.8) is 0 Å². The molecule has 0 radical (unpaired) electrons. The molecule has 136 valence electrons. The molecule has 1 aliphatic rings. The lowest BCUT2D eigenvalue weighted by Crippen LogP contribution is -2.26. The Hall–Kier alpha value is -2.61. The summed E-state index contributed by atoms with van der Waals surface area (Å²) in [6, 6.07) is 8.88. The van der Waals surface area contributed by atoms with Crippen molar-refractivity contribution in [2.75, 3.05) is 6.61 Å². The number of thioether (sulfide) groups is 1. The fourth-order valence-corrected chi connectivity index (χ4v) is 3.61. The number of carbonyl (C=O) groups is 2. The molecule has 26 heavy (non-hydrogen) atoms. The molecule has 7 nitrogen and oxygen atoms in total. The highest BCUT2D eigenvalue weighted by Crippen LogP contribution is 2.23. The van der Waals surface area contributed by atoms with E-state index in [2.05, 4.69) is 10.3 Å². The van der Waals surface area contributed by atoms with Crippen LogP contribution in [0.15, 0.2) is 35.1 Å². The van der Waals surface area contributed by atoms with Crippen LogP contribution in [-0.4, -0.2) is 32.6 Å². The monoisotopic (exact) mass is 373 g/mol. The standard InChI is InChI=1S/C18H19N3O4S/c1-11-9-16(22)21(12(2)19-11)7-8-25-14-5-3-13(4-6-14)10-15-17(23)20-18(24)26-15/h3-6,9,15H,7-8,10H2,1-2H3,(H,20,23,24)/t15-/m1/s1. The van der Waals surface area contributed by atoms with Crippen LogP contribution in [0.4, 0.5) is 4.79 Å². The number of benzene rings is 1. The molecule has 0 saturated carbocycles. The zero-order valence-corrected chi connectivity index (χ0v) is 15.3. The zero-order chi connectivity index (χ0) is 18.7. The summed E-state index contributed by atoms with van der Waals surface area (Å²) >= 11 is 1.02. The highest BCUT2D eigenvalue weighted by atomic mass is 32.2. The van der Waals surface area contributed by atoms with Crippen LogP contribution in [0.3, 0.4) is 0 Å². The molecule has 2 heterocycles. The van der Waals surface area contributed by atoms with E-state index in [1.54, 1.807) is 18.4 Å². The van der Waals surface area contributed by atoms with Crippen molar-refractivity contribution in [2.24, 2.45) is 0 Å². The van der Waals surface area contributed by atoms with Gasteiger partial charge in [-0.05, 0) is 38.0 Å². The van der Waals surface area contributed by atoms with Gasteiger partial charge in [0.25, 0.3) is 10.8 Å². The van der Waals surface area contributed by atoms with Crippen LogP contribution < -0.4 is 15.6 Å². The van der Waals surface area contributed by atoms with E-state index < -0.39 is 0 Å². The number of nitrogens with zero attached hydrogens (tertiary/aromatic N) is 2. The molecule has 2 aromatic rings. The Morgan fingerprint density at radius 1 is 1.19 bits per heavy atom. The number of amides is 2. The van der Waals surface area contributed by atoms with Gasteiger partial charge < -0.3 is 4.74 Å². The topological polar surface area (TPSA) is 90.3 Å². The Morgan fingerprint density at radius 2 is 1.92 bits per heavy atom. The highest BCUT2D eigenvalue weighted by Gasteiger charge is 2.31. The summed E-state index contributed by atoms with van der Waals surface area (Å²) in [5.74, 6) is 1.10. The lowest BCUT2D eigenvalue weighted by atomic mass is 10.1. The first-order chi connectivity index (χ1) is 12.4. The van der Waals surface area contributed by atoms with Crippen molar-refractivity contribution in [2.45, 2.75) is 32.1 Å². The number of aryl methyl sites for hydroxylation is 2. The second kappa shape index (κ2) is 7.74. The smallest absolute Gasteiger partial charge is 0.286 e. The van der Waals surface area contributed by atoms with Gasteiger partial charge >= 0.3 is 0 Å². The number of hydrogen-bond acceptors (Lipinski definition) is 6. The average Bonchev–Trinajstić information content (AvgIpc) is 2.89. The fourth-order valence-electron chi connectivity index (χ4n) is 2.75. The first-order valence-corrected chi connectivity index (χ1v) is 9.08. The molecule has 1 N–H and O–H groups in total. The third kappa shape index (κ3) is 4.32. The lowest BCUT2D eigenvalue weighted by molar-refractivity contribution is -0.118. The van der Waals surface area contributed by atoms with Gasteiger partial charge in [0.05, 0.1) is 11.8 Å². The average molecular weight is 373 g/mol. The Morgan fingerprint density at radius 3 is 2.54 bits per heavy atom. The van der Waals surface area contributed by atoms with Crippen molar-refractivity contribution in [1.82, 2.24) is 14.9 Å². The van der Waals surface area contributed by atoms with Crippen LogP contribution >= 0.6 is 11.8 Å². The Labute approximate surface area is 154 Å². The number of rotatable bonds is 6. The second-order valence-corrected chi connectivity index (χ2v) is 7.19. The molecule has 8 heteroatoms. The predicted molar refractivity (Wildman–Crippen MR) is 98.5 cm³/mol. The van der Waals surface area contributed by atoms with Gasteiger partial charge in [0.15, 0.2) is 0 Å². The number of carbonyl (C=O) groups excluding carboxylic acids is 2. The van der Waals surface area contributed by atoms with Crippen LogP contribution in [0.2, 0.25) is 0 Å². The Bertz CT molecular complexity index is 892. The normalized spacial score (nSPS) is 16.6. The summed E-state index contributed by atoms with van der Waals surface area (Å²) < 4.78 is 7.26. The number of nitrogens with one attached hydrogen (secondary N) is 1. The quantitative estimate of drug-likeness (QED) is 0.831. The van der Waals surface area contributed by atoms with Crippen molar-refractivity contribution in [3.8, 4) is 5.75 Å². The molecular weight excluding hydrogens is 354 g/mol. The Balaban J connectivity index is 1.54. The zero-order valence-electron chi connectivity index (χ0n) is 14.5. The number of ether oxygens (including phenoxy) is 1. The second-order valence-electron chi connectivity index (χ2n) is 6.01. The molecule has 1 aromatic heterocycles. The first kappa shape index (κ1) is 18.2. The predicted octanol–water partition coefficient (Wildman–Crippen LogP) is 1.83. The van der Waals surface area contributed by atoms with Crippen molar-refractivity contribution in [1.29, 1.82) is 0 Å². The van der Waals surface area contributed by atoms with Gasteiger partial charge in [0.2, 0.25) is 5.91 Å². The van der Waals surface area contributed by atoms with Crippen LogP contribution in [0.5, 0.6) is 5.75 Å². The van der Waals surface area contributed by atoms with Gasteiger partial charge in [-0.1, -0.05) is 23.9 Å². The molecule has 1 atom stereocenters. The van der Waals surface area contributed by atoms with E-state index in [1.807, 2.05) is 24.3 Å². The fraction of sp³-hybridized carbons (Fsp3) is 0.333. The summed E-state index contributed by atoms with van der Waals surface area (Å²) in [6.07, 6.45) is 0.492. The van der Waals surface area contributed by atoms with E-state index in [4.69, 9.17) is 4.74 Å². The van der Waals surface area contributed by atoms with Crippen molar-refractivity contribution in [3.05, 3.63) is 57.8 Å². The molecule has 0 bridgehead atoms. The van der Waals surface area contributed by atoms with Crippen molar-refractivity contribution >= 4 is 22.9 Å². The van der Waals surface area contributed by atoms with Crippen molar-refractivity contribution < 1.29 is 14.3 Å². The largest absolute Gasteiger partial charge is 0.492 e. The van der Waals surface area contributed by atoms with E-state index in [9.17, 15) is 14.4 Å². The van der Waals surface area contributed by atoms with Gasteiger partial charge in [0.1, 0.15) is 18.2 Å². The van der Waals surface area contributed by atoms with E-state index in [0.29, 0.717) is 36.8 Å².